The summed E-state index contributed by atoms with van der Waals surface area (Å²) in [5, 5.41) is 3.37. The standard InChI is InChI=1S/C24H22Cl2N2O3S/c25-20-10-4-2-7-18(20)15-27-24(29)17-12-13-21(26)23(14-17)32(30,31)28-22-11-5-8-16-6-1-3-9-19(16)22/h1-4,6-7,9-10,12-14,22,28H,5,8,11,15H2,(H,27,29)/t22-/m1/s1. The minimum absolute atomic E-state index is 0.0595. The average Bonchev–Trinajstić information content (AvgIpc) is 2.78. The Hall–Kier alpha value is -2.38. The normalized spacial score (nSPS) is 15.8. The van der Waals surface area contributed by atoms with Crippen molar-refractivity contribution in [2.75, 3.05) is 0 Å². The Labute approximate surface area is 197 Å². The highest BCUT2D eigenvalue weighted by Crippen LogP contribution is 2.32. The van der Waals surface area contributed by atoms with Gasteiger partial charge in [-0.25, -0.2) is 13.1 Å². The zero-order chi connectivity index (χ0) is 22.7. The molecule has 1 aliphatic rings. The van der Waals surface area contributed by atoms with Crippen molar-refractivity contribution in [1.82, 2.24) is 10.0 Å². The molecule has 0 radical (unpaired) electrons. The molecule has 0 saturated carbocycles. The highest BCUT2D eigenvalue weighted by atomic mass is 35.5. The second kappa shape index (κ2) is 9.63. The summed E-state index contributed by atoms with van der Waals surface area (Å²) in [6.07, 6.45) is 2.52. The minimum Gasteiger partial charge on any atom is -0.348 e. The van der Waals surface area contributed by atoms with Gasteiger partial charge in [0, 0.05) is 23.2 Å². The van der Waals surface area contributed by atoms with E-state index in [9.17, 15) is 13.2 Å². The molecule has 0 aliphatic heterocycles. The van der Waals surface area contributed by atoms with Crippen molar-refractivity contribution in [3.8, 4) is 0 Å². The second-order valence-corrected chi connectivity index (χ2v) is 10.2. The number of carbonyl (C=O) groups is 1. The first-order valence-electron chi connectivity index (χ1n) is 10.3. The lowest BCUT2D eigenvalue weighted by Gasteiger charge is -2.26. The second-order valence-electron chi connectivity index (χ2n) is 7.68. The van der Waals surface area contributed by atoms with E-state index >= 15 is 0 Å². The molecular formula is C24H22Cl2N2O3S. The number of hydrogen-bond donors (Lipinski definition) is 2. The monoisotopic (exact) mass is 488 g/mol. The largest absolute Gasteiger partial charge is 0.348 e. The van der Waals surface area contributed by atoms with Crippen LogP contribution in [0.25, 0.3) is 0 Å². The lowest BCUT2D eigenvalue weighted by Crippen LogP contribution is -2.31. The van der Waals surface area contributed by atoms with Gasteiger partial charge in [0.25, 0.3) is 5.91 Å². The van der Waals surface area contributed by atoms with Crippen molar-refractivity contribution in [2.24, 2.45) is 0 Å². The maximum atomic E-state index is 13.2. The van der Waals surface area contributed by atoms with Crippen molar-refractivity contribution in [1.29, 1.82) is 0 Å². The van der Waals surface area contributed by atoms with E-state index in [0.717, 1.165) is 29.5 Å². The van der Waals surface area contributed by atoms with E-state index in [2.05, 4.69) is 10.0 Å². The summed E-state index contributed by atoms with van der Waals surface area (Å²) in [4.78, 5) is 12.5. The first-order chi connectivity index (χ1) is 15.3. The van der Waals surface area contributed by atoms with Gasteiger partial charge in [0.05, 0.1) is 5.02 Å². The third-order valence-electron chi connectivity index (χ3n) is 5.55. The van der Waals surface area contributed by atoms with Gasteiger partial charge in [-0.3, -0.25) is 4.79 Å². The van der Waals surface area contributed by atoms with Crippen LogP contribution in [0.3, 0.4) is 0 Å². The summed E-state index contributed by atoms with van der Waals surface area (Å²) in [6.45, 7) is 0.223. The Morgan fingerprint density at radius 3 is 2.53 bits per heavy atom. The third kappa shape index (κ3) is 4.99. The van der Waals surface area contributed by atoms with Crippen LogP contribution in [0.15, 0.2) is 71.6 Å². The van der Waals surface area contributed by atoms with Gasteiger partial charge in [-0.15, -0.1) is 0 Å². The SMILES string of the molecule is O=C(NCc1ccccc1Cl)c1ccc(Cl)c(S(=O)(=O)N[C@@H]2CCCc3ccccc32)c1. The van der Waals surface area contributed by atoms with E-state index < -0.39 is 15.9 Å². The van der Waals surface area contributed by atoms with Gasteiger partial charge in [0.1, 0.15) is 4.90 Å². The fourth-order valence-corrected chi connectivity index (χ4v) is 5.88. The fraction of sp³-hybridized carbons (Fsp3) is 0.208. The van der Waals surface area contributed by atoms with E-state index in [1.54, 1.807) is 6.07 Å². The van der Waals surface area contributed by atoms with Crippen LogP contribution >= 0.6 is 23.2 Å². The van der Waals surface area contributed by atoms with Crippen LogP contribution in [0.2, 0.25) is 10.0 Å². The van der Waals surface area contributed by atoms with Crippen LogP contribution in [0.5, 0.6) is 0 Å². The van der Waals surface area contributed by atoms with Crippen molar-refractivity contribution < 1.29 is 13.2 Å². The van der Waals surface area contributed by atoms with E-state index in [1.807, 2.05) is 42.5 Å². The van der Waals surface area contributed by atoms with Crippen LogP contribution in [-0.4, -0.2) is 14.3 Å². The lowest BCUT2D eigenvalue weighted by molar-refractivity contribution is 0.0950. The number of aryl methyl sites for hydroxylation is 1. The van der Waals surface area contributed by atoms with Gasteiger partial charge < -0.3 is 5.32 Å². The van der Waals surface area contributed by atoms with Crippen LogP contribution < -0.4 is 10.0 Å². The molecule has 1 atom stereocenters. The van der Waals surface area contributed by atoms with Gasteiger partial charge in [0.2, 0.25) is 10.0 Å². The number of amides is 1. The zero-order valence-corrected chi connectivity index (χ0v) is 19.5. The Morgan fingerprint density at radius 2 is 1.72 bits per heavy atom. The molecule has 0 saturated heterocycles. The van der Waals surface area contributed by atoms with Gasteiger partial charge in [-0.05, 0) is 60.2 Å². The maximum Gasteiger partial charge on any atom is 0.251 e. The van der Waals surface area contributed by atoms with E-state index in [0.29, 0.717) is 11.4 Å². The van der Waals surface area contributed by atoms with E-state index in [1.165, 1.54) is 18.2 Å². The fourth-order valence-electron chi connectivity index (χ4n) is 3.90. The van der Waals surface area contributed by atoms with Gasteiger partial charge >= 0.3 is 0 Å². The quantitative estimate of drug-likeness (QED) is 0.495. The molecule has 0 spiro atoms. The molecule has 166 valence electrons. The van der Waals surface area contributed by atoms with Gasteiger partial charge in [-0.1, -0.05) is 65.7 Å². The zero-order valence-electron chi connectivity index (χ0n) is 17.1. The van der Waals surface area contributed by atoms with E-state index in [4.69, 9.17) is 23.2 Å². The average molecular weight is 489 g/mol. The van der Waals surface area contributed by atoms with Crippen molar-refractivity contribution in [3.05, 3.63) is 99.0 Å². The number of rotatable bonds is 6. The Bertz CT molecular complexity index is 1260. The van der Waals surface area contributed by atoms with Crippen LogP contribution in [-0.2, 0) is 23.0 Å². The molecule has 0 bridgehead atoms. The van der Waals surface area contributed by atoms with Crippen molar-refractivity contribution >= 4 is 39.1 Å². The smallest absolute Gasteiger partial charge is 0.251 e. The summed E-state index contributed by atoms with van der Waals surface area (Å²) in [7, 11) is -3.95. The molecule has 0 fully saturated rings. The summed E-state index contributed by atoms with van der Waals surface area (Å²) < 4.78 is 29.1. The maximum absolute atomic E-state index is 13.2. The minimum atomic E-state index is -3.95. The van der Waals surface area contributed by atoms with E-state index in [-0.39, 0.29) is 28.1 Å². The number of benzene rings is 3. The number of carbonyl (C=O) groups excluding carboxylic acids is 1. The predicted molar refractivity (Wildman–Crippen MR) is 127 cm³/mol. The number of nitrogens with one attached hydrogen (secondary N) is 2. The molecule has 3 aromatic rings. The molecule has 1 aliphatic carbocycles. The summed E-state index contributed by atoms with van der Waals surface area (Å²) in [5.74, 6) is -0.416. The number of hydrogen-bond acceptors (Lipinski definition) is 3. The molecule has 8 heteroatoms. The molecule has 3 aromatic carbocycles. The molecule has 1 amide bonds. The number of fused-ring (bicyclic) bond motifs is 1. The highest BCUT2D eigenvalue weighted by molar-refractivity contribution is 7.89. The molecule has 0 heterocycles. The lowest BCUT2D eigenvalue weighted by atomic mass is 9.88. The van der Waals surface area contributed by atoms with Crippen molar-refractivity contribution in [3.63, 3.8) is 0 Å². The molecule has 0 unspecified atom stereocenters. The first-order valence-corrected chi connectivity index (χ1v) is 12.5. The first kappa shape index (κ1) is 22.8. The molecular weight excluding hydrogens is 467 g/mol. The van der Waals surface area contributed by atoms with Gasteiger partial charge in [-0.2, -0.15) is 0 Å². The molecule has 0 aromatic heterocycles. The number of halogens is 2. The Morgan fingerprint density at radius 1 is 0.969 bits per heavy atom. The molecule has 32 heavy (non-hydrogen) atoms. The van der Waals surface area contributed by atoms with Crippen molar-refractivity contribution in [2.45, 2.75) is 36.7 Å². The molecule has 2 N–H and O–H groups in total. The number of sulfonamides is 1. The predicted octanol–water partition coefficient (Wildman–Crippen LogP) is 5.28. The molecule has 5 nitrogen and oxygen atoms in total. The third-order valence-corrected chi connectivity index (χ3v) is 7.87. The Kier molecular flexibility index (Phi) is 6.86. The van der Waals surface area contributed by atoms with Gasteiger partial charge in [0.15, 0.2) is 0 Å². The van der Waals surface area contributed by atoms with Crippen LogP contribution in [0.1, 0.15) is 45.9 Å². The van der Waals surface area contributed by atoms with Crippen LogP contribution in [0.4, 0.5) is 0 Å². The highest BCUT2D eigenvalue weighted by Gasteiger charge is 2.27. The summed E-state index contributed by atoms with van der Waals surface area (Å²) in [5.41, 5.74) is 3.09. The summed E-state index contributed by atoms with van der Waals surface area (Å²) >= 11 is 12.4. The van der Waals surface area contributed by atoms with Crippen LogP contribution in [0, 0.1) is 0 Å². The topological polar surface area (TPSA) is 75.3 Å². The summed E-state index contributed by atoms with van der Waals surface area (Å²) in [6, 6.07) is 18.9. The Balaban J connectivity index is 1.54. The molecule has 4 rings (SSSR count).